The second kappa shape index (κ2) is 3.20. The molecule has 0 amide bonds. The molecule has 6 heteroatoms. The van der Waals surface area contributed by atoms with Crippen LogP contribution in [0.3, 0.4) is 0 Å². The molecular weight excluding hydrogens is 202 g/mol. The van der Waals surface area contributed by atoms with E-state index in [9.17, 15) is 13.3 Å². The van der Waals surface area contributed by atoms with Gasteiger partial charge < -0.3 is 0 Å². The molecule has 0 aliphatic heterocycles. The lowest BCUT2D eigenvalue weighted by Crippen LogP contribution is -1.88. The van der Waals surface area contributed by atoms with Gasteiger partial charge in [0.05, 0.1) is 4.90 Å². The molecule has 0 aliphatic carbocycles. The molecule has 64 valence electrons. The molecule has 0 atom stereocenters. The van der Waals surface area contributed by atoms with E-state index in [1.807, 2.05) is 0 Å². The van der Waals surface area contributed by atoms with E-state index in [-0.39, 0.29) is 10.6 Å². The quantitative estimate of drug-likeness (QED) is 0.548. The van der Waals surface area contributed by atoms with Crippen molar-refractivity contribution in [2.45, 2.75) is 4.90 Å². The Labute approximate surface area is 73.6 Å². The molecule has 4 nitrogen and oxygen atoms in total. The van der Waals surface area contributed by atoms with Gasteiger partial charge in [0.2, 0.25) is 0 Å². The van der Waals surface area contributed by atoms with Gasteiger partial charge in [0.25, 0.3) is 9.05 Å². The largest absolute Gasteiger partial charge is 0.261 e. The van der Waals surface area contributed by atoms with E-state index < -0.39 is 9.05 Å². The summed E-state index contributed by atoms with van der Waals surface area (Å²) in [5.41, 5.74) is 0.0386. The first-order chi connectivity index (χ1) is 5.54. The number of halogens is 1. The molecule has 0 saturated carbocycles. The van der Waals surface area contributed by atoms with Gasteiger partial charge in [0, 0.05) is 10.7 Å². The molecule has 0 unspecified atom stereocenters. The first kappa shape index (κ1) is 9.15. The number of hydrogen-bond donors (Lipinski definition) is 0. The molecule has 0 saturated heterocycles. The third kappa shape index (κ3) is 2.02. The fraction of sp³-hybridized carbons (Fsp3) is 0. The lowest BCUT2D eigenvalue weighted by Gasteiger charge is -1.94. The maximum absolute atomic E-state index is 10.7. The average Bonchev–Trinajstić information content (AvgIpc) is 2.03. The van der Waals surface area contributed by atoms with E-state index in [1.165, 1.54) is 18.2 Å². The van der Waals surface area contributed by atoms with E-state index in [1.54, 1.807) is 0 Å². The number of rotatable bonds is 2. The van der Waals surface area contributed by atoms with Gasteiger partial charge in [-0.25, -0.2) is 8.42 Å². The van der Waals surface area contributed by atoms with Crippen LogP contribution in [-0.4, -0.2) is 8.42 Å². The first-order valence-electron chi connectivity index (χ1n) is 2.92. The van der Waals surface area contributed by atoms with Crippen molar-refractivity contribution in [1.29, 1.82) is 0 Å². The lowest BCUT2D eigenvalue weighted by molar-refractivity contribution is 0.609. The smallest absolute Gasteiger partial charge is 0.207 e. The van der Waals surface area contributed by atoms with Gasteiger partial charge in [0.15, 0.2) is 0 Å². The maximum atomic E-state index is 10.7. The van der Waals surface area contributed by atoms with Crippen molar-refractivity contribution >= 4 is 25.4 Å². The Morgan fingerprint density at radius 3 is 2.50 bits per heavy atom. The van der Waals surface area contributed by atoms with Crippen LogP contribution in [0.4, 0.5) is 5.69 Å². The summed E-state index contributed by atoms with van der Waals surface area (Å²) in [7, 11) is 1.25. The van der Waals surface area contributed by atoms with E-state index in [0.29, 0.717) is 0 Å². The third-order valence-corrected chi connectivity index (χ3v) is 2.56. The molecule has 0 radical (unpaired) electrons. The molecule has 12 heavy (non-hydrogen) atoms. The summed E-state index contributed by atoms with van der Waals surface area (Å²) in [6.07, 6.45) is 0. The molecule has 0 aromatic heterocycles. The maximum Gasteiger partial charge on any atom is 0.261 e. The highest BCUT2D eigenvalue weighted by molar-refractivity contribution is 8.13. The first-order valence-corrected chi connectivity index (χ1v) is 5.23. The number of benzene rings is 1. The van der Waals surface area contributed by atoms with Gasteiger partial charge in [-0.15, -0.1) is 4.91 Å². The van der Waals surface area contributed by atoms with Crippen molar-refractivity contribution in [2.24, 2.45) is 5.18 Å². The minimum absolute atomic E-state index is 0.0386. The van der Waals surface area contributed by atoms with Crippen molar-refractivity contribution in [3.8, 4) is 0 Å². The molecule has 0 N–H and O–H groups in total. The standard InChI is InChI=1S/C6H4ClNO3S/c7-12(10,11)6-3-1-2-5(4-6)8-9/h1-4H. The third-order valence-electron chi connectivity index (χ3n) is 1.20. The fourth-order valence-corrected chi connectivity index (χ4v) is 1.48. The zero-order chi connectivity index (χ0) is 9.19. The average molecular weight is 206 g/mol. The van der Waals surface area contributed by atoms with Crippen molar-refractivity contribution in [2.75, 3.05) is 0 Å². The molecular formula is C6H4ClNO3S. The van der Waals surface area contributed by atoms with E-state index in [0.717, 1.165) is 6.07 Å². The van der Waals surface area contributed by atoms with Gasteiger partial charge in [-0.3, -0.25) is 0 Å². The Bertz CT molecular complexity index is 401. The summed E-state index contributed by atoms with van der Waals surface area (Å²) in [5.74, 6) is 0. The van der Waals surface area contributed by atoms with Gasteiger partial charge in [-0.1, -0.05) is 6.07 Å². The van der Waals surface area contributed by atoms with Crippen molar-refractivity contribution < 1.29 is 8.42 Å². The number of hydrogen-bond acceptors (Lipinski definition) is 4. The second-order valence-electron chi connectivity index (χ2n) is 2.03. The highest BCUT2D eigenvalue weighted by Gasteiger charge is 2.09. The molecule has 0 spiro atoms. The van der Waals surface area contributed by atoms with Crippen LogP contribution in [0.25, 0.3) is 0 Å². The molecule has 1 rings (SSSR count). The van der Waals surface area contributed by atoms with Crippen LogP contribution >= 0.6 is 10.7 Å². The fourth-order valence-electron chi connectivity index (χ4n) is 0.692. The van der Waals surface area contributed by atoms with E-state index >= 15 is 0 Å². The molecule has 0 aliphatic rings. The highest BCUT2D eigenvalue weighted by Crippen LogP contribution is 2.20. The molecule has 0 fully saturated rings. The Morgan fingerprint density at radius 2 is 2.00 bits per heavy atom. The normalized spacial score (nSPS) is 11.1. The molecule has 1 aromatic carbocycles. The van der Waals surface area contributed by atoms with Crippen LogP contribution in [0.5, 0.6) is 0 Å². The van der Waals surface area contributed by atoms with Crippen molar-refractivity contribution in [3.05, 3.63) is 29.2 Å². The summed E-state index contributed by atoms with van der Waals surface area (Å²) in [6, 6.07) is 5.18. The monoisotopic (exact) mass is 205 g/mol. The van der Waals surface area contributed by atoms with Crippen LogP contribution in [0.15, 0.2) is 34.3 Å². The number of nitrogens with zero attached hydrogens (tertiary/aromatic N) is 1. The van der Waals surface area contributed by atoms with Crippen molar-refractivity contribution in [1.82, 2.24) is 0 Å². The summed E-state index contributed by atoms with van der Waals surface area (Å²) in [5, 5.41) is 2.57. The van der Waals surface area contributed by atoms with Crippen LogP contribution in [0.1, 0.15) is 0 Å². The zero-order valence-electron chi connectivity index (χ0n) is 5.77. The molecule has 1 aromatic rings. The van der Waals surface area contributed by atoms with Gasteiger partial charge in [-0.05, 0) is 23.4 Å². The summed E-state index contributed by atoms with van der Waals surface area (Å²) >= 11 is 0. The van der Waals surface area contributed by atoms with E-state index in [2.05, 4.69) is 5.18 Å². The van der Waals surface area contributed by atoms with Crippen molar-refractivity contribution in [3.63, 3.8) is 0 Å². The summed E-state index contributed by atoms with van der Waals surface area (Å²) < 4.78 is 21.4. The minimum Gasteiger partial charge on any atom is -0.207 e. The Balaban J connectivity index is 3.29. The Kier molecular flexibility index (Phi) is 2.44. The minimum atomic E-state index is -3.76. The van der Waals surface area contributed by atoms with Crippen LogP contribution < -0.4 is 0 Å². The van der Waals surface area contributed by atoms with Crippen LogP contribution in [0.2, 0.25) is 0 Å². The zero-order valence-corrected chi connectivity index (χ0v) is 7.34. The van der Waals surface area contributed by atoms with Crippen LogP contribution in [-0.2, 0) is 9.05 Å². The summed E-state index contributed by atoms with van der Waals surface area (Å²) in [6.45, 7) is 0. The number of nitroso groups, excluding NO2 is 1. The van der Waals surface area contributed by atoms with Gasteiger partial charge in [-0.2, -0.15) is 0 Å². The molecule has 0 heterocycles. The van der Waals surface area contributed by atoms with Gasteiger partial charge in [0.1, 0.15) is 5.69 Å². The Morgan fingerprint density at radius 1 is 1.33 bits per heavy atom. The highest BCUT2D eigenvalue weighted by atomic mass is 35.7. The topological polar surface area (TPSA) is 63.6 Å². The van der Waals surface area contributed by atoms with Gasteiger partial charge >= 0.3 is 0 Å². The second-order valence-corrected chi connectivity index (χ2v) is 4.59. The predicted octanol–water partition coefficient (Wildman–Crippen LogP) is 2.01. The summed E-state index contributed by atoms with van der Waals surface area (Å²) in [4.78, 5) is 9.87. The SMILES string of the molecule is O=Nc1cccc(S(=O)(=O)Cl)c1. The van der Waals surface area contributed by atoms with E-state index in [4.69, 9.17) is 10.7 Å². The molecule has 0 bridgehead atoms. The predicted molar refractivity (Wildman–Crippen MR) is 44.9 cm³/mol. The Hall–Kier alpha value is -0.940. The van der Waals surface area contributed by atoms with Crippen LogP contribution in [0, 0.1) is 4.91 Å². The lowest BCUT2D eigenvalue weighted by atomic mass is 10.3.